The van der Waals surface area contributed by atoms with Gasteiger partial charge in [0, 0.05) is 40.0 Å². The molecule has 6 rings (SSSR count). The van der Waals surface area contributed by atoms with Crippen LogP contribution in [-0.4, -0.2) is 123 Å². The molecule has 0 aliphatic carbocycles. The van der Waals surface area contributed by atoms with E-state index in [0.29, 0.717) is 11.2 Å². The first-order valence-corrected chi connectivity index (χ1v) is 20.8. The van der Waals surface area contributed by atoms with Crippen LogP contribution in [0.15, 0.2) is 23.8 Å². The number of aliphatic hydroxyl groups is 1. The molecular formula is C26H39N11O16P3+. The van der Waals surface area contributed by atoms with Crippen molar-refractivity contribution in [2.45, 2.75) is 49.7 Å². The summed E-state index contributed by atoms with van der Waals surface area (Å²) in [7, 11) is -11.2. The second kappa shape index (κ2) is 15.9. The lowest BCUT2D eigenvalue weighted by Gasteiger charge is -2.23. The highest BCUT2D eigenvalue weighted by Crippen LogP contribution is 2.68. The molecule has 0 spiro atoms. The Morgan fingerprint density at radius 3 is 2.41 bits per heavy atom. The number of rotatable bonds is 15. The van der Waals surface area contributed by atoms with E-state index in [-0.39, 0.29) is 35.8 Å². The summed E-state index contributed by atoms with van der Waals surface area (Å²) in [5, 5.41) is 11.3. The molecule has 30 heteroatoms. The number of fused-ring (bicyclic) bond motifs is 2. The number of hydrogen-bond acceptors (Lipinski definition) is 19. The van der Waals surface area contributed by atoms with Crippen LogP contribution in [0, 0.1) is 5.92 Å². The highest BCUT2D eigenvalue weighted by molar-refractivity contribution is 7.66. The summed E-state index contributed by atoms with van der Waals surface area (Å²) in [6, 6.07) is 0. The second-order valence-corrected chi connectivity index (χ2v) is 17.5. The van der Waals surface area contributed by atoms with E-state index in [0.717, 1.165) is 0 Å². The number of methoxy groups -OCH3 is 1. The number of carbonyl (C=O) groups is 1. The van der Waals surface area contributed by atoms with Gasteiger partial charge in [-0.05, 0) is 0 Å². The van der Waals surface area contributed by atoms with Gasteiger partial charge >= 0.3 is 29.1 Å². The summed E-state index contributed by atoms with van der Waals surface area (Å²) >= 11 is 0. The number of imidazole rings is 2. The number of carbonyl (C=O) groups excluding carboxylic acids is 1. The predicted octanol–water partition coefficient (Wildman–Crippen LogP) is -1.42. The number of phosphoric acid groups is 3. The van der Waals surface area contributed by atoms with E-state index in [1.807, 2.05) is 0 Å². The number of ether oxygens (including phenoxy) is 3. The number of amides is 1. The predicted molar refractivity (Wildman–Crippen MR) is 185 cm³/mol. The van der Waals surface area contributed by atoms with Crippen LogP contribution >= 0.6 is 23.5 Å². The molecule has 0 radical (unpaired) electrons. The summed E-state index contributed by atoms with van der Waals surface area (Å²) in [4.78, 5) is 75.9. The summed E-state index contributed by atoms with van der Waals surface area (Å²) in [5.41, 5.74) is 11.6. The highest BCUT2D eigenvalue weighted by atomic mass is 31.3. The van der Waals surface area contributed by atoms with Gasteiger partial charge in [0.15, 0.2) is 24.0 Å². The van der Waals surface area contributed by atoms with Gasteiger partial charge in [0.05, 0.1) is 38.8 Å². The van der Waals surface area contributed by atoms with E-state index in [2.05, 4.69) is 33.5 Å². The Morgan fingerprint density at radius 2 is 1.75 bits per heavy atom. The molecule has 56 heavy (non-hydrogen) atoms. The van der Waals surface area contributed by atoms with Crippen molar-refractivity contribution >= 4 is 63.5 Å². The minimum absolute atomic E-state index is 0.00689. The van der Waals surface area contributed by atoms with Crippen molar-refractivity contribution in [2.75, 3.05) is 45.9 Å². The van der Waals surface area contributed by atoms with Crippen LogP contribution in [0.2, 0.25) is 0 Å². The number of phosphoric ester groups is 2. The maximum atomic E-state index is 12.9. The number of nitrogens with zero attached hydrogens (tertiary/aromatic N) is 8. The van der Waals surface area contributed by atoms with Crippen LogP contribution in [0.1, 0.15) is 25.3 Å². The lowest BCUT2D eigenvalue weighted by molar-refractivity contribution is -0.745. The van der Waals surface area contributed by atoms with Gasteiger partial charge in [-0.2, -0.15) is 8.62 Å². The van der Waals surface area contributed by atoms with E-state index in [1.54, 1.807) is 0 Å². The first-order chi connectivity index (χ1) is 26.2. The van der Waals surface area contributed by atoms with Crippen molar-refractivity contribution in [1.29, 1.82) is 0 Å². The maximum Gasteiger partial charge on any atom is 0.490 e. The molecule has 4 aromatic heterocycles. The molecule has 2 fully saturated rings. The van der Waals surface area contributed by atoms with Crippen LogP contribution in [0.5, 0.6) is 0 Å². The first kappa shape index (κ1) is 41.8. The van der Waals surface area contributed by atoms with E-state index < -0.39 is 90.9 Å². The third-order valence-corrected chi connectivity index (χ3v) is 13.1. The summed E-state index contributed by atoms with van der Waals surface area (Å²) in [6.07, 6.45) is -3.00. The number of aryl methyl sites for hydroxylation is 1. The fourth-order valence-electron chi connectivity index (χ4n) is 6.28. The molecule has 0 aromatic carbocycles. The SMILES string of the molecule is CO[C@@H]1C[C@@H](COP(=O)(O)OP(=O)(O)OP(=O)(O)OC[C@H]2O[C@@H]([n+]3cn(C)c4c(=O)[nH]c(N)nc43)[C@H](O)[C@@H]2CC(=O)N(C)C)O[C@H]1n1cnc2c(N)ncnc21. The molecule has 1 amide bonds. The zero-order valence-electron chi connectivity index (χ0n) is 29.9. The van der Waals surface area contributed by atoms with Gasteiger partial charge in [0.2, 0.25) is 17.7 Å². The molecule has 2 saturated heterocycles. The van der Waals surface area contributed by atoms with Crippen molar-refractivity contribution in [1.82, 2.24) is 39.0 Å². The normalized spacial score (nSPS) is 27.3. The minimum Gasteiger partial charge on any atom is -0.386 e. The molecule has 10 atom stereocenters. The lowest BCUT2D eigenvalue weighted by atomic mass is 9.94. The van der Waals surface area contributed by atoms with E-state index in [4.69, 9.17) is 34.7 Å². The van der Waals surface area contributed by atoms with Gasteiger partial charge in [0.25, 0.3) is 11.5 Å². The lowest BCUT2D eigenvalue weighted by Crippen LogP contribution is -2.45. The summed E-state index contributed by atoms with van der Waals surface area (Å²) in [5.74, 6) is -1.74. The second-order valence-electron chi connectivity index (χ2n) is 12.9. The summed E-state index contributed by atoms with van der Waals surface area (Å²) in [6.45, 7) is -1.63. The molecule has 4 aromatic rings. The van der Waals surface area contributed by atoms with Crippen molar-refractivity contribution in [3.05, 3.63) is 29.3 Å². The molecule has 6 heterocycles. The van der Waals surface area contributed by atoms with Crippen molar-refractivity contribution in [3.8, 4) is 0 Å². The van der Waals surface area contributed by atoms with Crippen LogP contribution in [0.3, 0.4) is 0 Å². The van der Waals surface area contributed by atoms with E-state index in [1.165, 1.54) is 65.8 Å². The molecule has 308 valence electrons. The Bertz CT molecular complexity index is 2320. The quantitative estimate of drug-likeness (QED) is 0.0532. The van der Waals surface area contributed by atoms with Gasteiger partial charge in [-0.15, -0.1) is 0 Å². The largest absolute Gasteiger partial charge is 0.490 e. The number of aliphatic hydroxyl groups excluding tert-OH is 1. The van der Waals surface area contributed by atoms with Crippen LogP contribution in [0.25, 0.3) is 22.3 Å². The number of nitrogen functional groups attached to an aromatic ring is 2. The monoisotopic (exact) mass is 854 g/mol. The Balaban J connectivity index is 1.09. The van der Waals surface area contributed by atoms with Crippen LogP contribution in [0.4, 0.5) is 11.8 Å². The smallest absolute Gasteiger partial charge is 0.386 e. The minimum atomic E-state index is -5.91. The topological polar surface area (TPSA) is 367 Å². The Hall–Kier alpha value is -3.78. The van der Waals surface area contributed by atoms with E-state index >= 15 is 0 Å². The third kappa shape index (κ3) is 8.85. The molecule has 9 N–H and O–H groups in total. The van der Waals surface area contributed by atoms with Gasteiger partial charge in [-0.3, -0.25) is 32.8 Å². The van der Waals surface area contributed by atoms with Gasteiger partial charge in [-0.1, -0.05) is 4.98 Å². The molecule has 0 bridgehead atoms. The average Bonchev–Trinajstić information content (AvgIpc) is 3.86. The van der Waals surface area contributed by atoms with Gasteiger partial charge < -0.3 is 50.4 Å². The van der Waals surface area contributed by atoms with E-state index in [9.17, 15) is 43.1 Å². The number of aromatic nitrogens is 8. The third-order valence-electron chi connectivity index (χ3n) is 8.84. The maximum absolute atomic E-state index is 12.9. The summed E-state index contributed by atoms with van der Waals surface area (Å²) < 4.78 is 77.9. The van der Waals surface area contributed by atoms with Crippen LogP contribution < -0.4 is 21.6 Å². The average molecular weight is 855 g/mol. The number of nitrogens with two attached hydrogens (primary N) is 2. The number of aromatic amines is 1. The standard InChI is InChI=1S/C26H38N11O16P3/c1-34(2)16(38)6-13-15(51-25(19(13)39)37-11-35(3)18-22(37)32-26(28)33-23(18)40)8-49-55(43,44)53-56(45,46)52-54(41,42)48-7-12-5-14(47-4)24(50-12)36-10-31-17-20(27)29-9-30-21(17)36/h9-15,19,24-25,39H,5-8H2,1-4H3,(H7-,27,28,29,30,32,33,40,41,42,43,44,45,46)/p+1/t12-,13+,14+,15+,19+,24+,25+/m0/s1. The number of anilines is 2. The molecule has 2 aliphatic rings. The van der Waals surface area contributed by atoms with Crippen LogP contribution in [-0.2, 0) is 57.4 Å². The Kier molecular flexibility index (Phi) is 11.9. The first-order valence-electron chi connectivity index (χ1n) is 16.3. The zero-order chi connectivity index (χ0) is 40.9. The fourth-order valence-corrected chi connectivity index (χ4v) is 9.82. The molecule has 0 saturated carbocycles. The Morgan fingerprint density at radius 1 is 1.07 bits per heavy atom. The highest BCUT2D eigenvalue weighted by Gasteiger charge is 2.50. The zero-order valence-corrected chi connectivity index (χ0v) is 32.5. The fraction of sp³-hybridized carbons (Fsp3) is 0.577. The number of nitrogens with one attached hydrogen (secondary N) is 1. The molecule has 3 unspecified atom stereocenters. The number of H-pyrrole nitrogens is 1. The molecule has 2 aliphatic heterocycles. The molecule has 27 nitrogen and oxygen atoms in total. The van der Waals surface area contributed by atoms with Crippen molar-refractivity contribution in [2.24, 2.45) is 13.0 Å². The molecular weight excluding hydrogens is 815 g/mol. The van der Waals surface area contributed by atoms with Crippen molar-refractivity contribution in [3.63, 3.8) is 0 Å². The Labute approximate surface area is 314 Å². The van der Waals surface area contributed by atoms with Gasteiger partial charge in [-0.25, -0.2) is 33.2 Å². The van der Waals surface area contributed by atoms with Crippen molar-refractivity contribution < 1.29 is 74.7 Å². The van der Waals surface area contributed by atoms with Gasteiger partial charge in [0.1, 0.15) is 24.1 Å². The number of hydrogen-bond donors (Lipinski definition) is 7.